The predicted octanol–water partition coefficient (Wildman–Crippen LogP) is 3.17. The van der Waals surface area contributed by atoms with E-state index in [1.54, 1.807) is 0 Å². The van der Waals surface area contributed by atoms with Crippen LogP contribution in [-0.4, -0.2) is 0 Å². The zero-order chi connectivity index (χ0) is 8.41. The molecule has 0 aromatic carbocycles. The zero-order valence-electron chi connectivity index (χ0n) is 7.09. The maximum Gasteiger partial charge on any atom is -0.0374 e. The lowest BCUT2D eigenvalue weighted by atomic mass is 10.2. The van der Waals surface area contributed by atoms with E-state index in [9.17, 15) is 0 Å². The van der Waals surface area contributed by atoms with Crippen LogP contribution in [0.4, 0.5) is 0 Å². The Labute approximate surface area is 64.6 Å². The van der Waals surface area contributed by atoms with Crippen molar-refractivity contribution >= 4 is 0 Å². The Morgan fingerprint density at radius 3 is 2.20 bits per heavy atom. The number of allylic oxidation sites excluding steroid dienone is 4. The van der Waals surface area contributed by atoms with Gasteiger partial charge in [-0.3, -0.25) is 0 Å². The molecule has 0 nitrogen and oxygen atoms in total. The fraction of sp³-hybridized carbons (Fsp3) is 0.400. The van der Waals surface area contributed by atoms with E-state index in [1.807, 2.05) is 6.92 Å². The molecule has 0 atom stereocenters. The summed E-state index contributed by atoms with van der Waals surface area (Å²) in [6.45, 7) is 6.30. The van der Waals surface area contributed by atoms with E-state index in [1.165, 1.54) is 5.57 Å². The minimum absolute atomic E-state index is 1.14. The third kappa shape index (κ3) is 10.1. The van der Waals surface area contributed by atoms with Gasteiger partial charge in [0.2, 0.25) is 0 Å². The molecular formula is C10H16. The van der Waals surface area contributed by atoms with Crippen LogP contribution in [0.5, 0.6) is 0 Å². The summed E-state index contributed by atoms with van der Waals surface area (Å²) in [5.41, 5.74) is 1.36. The van der Waals surface area contributed by atoms with E-state index in [-0.39, 0.29) is 0 Å². The van der Waals surface area contributed by atoms with Crippen molar-refractivity contribution in [2.75, 3.05) is 0 Å². The highest BCUT2D eigenvalue weighted by Crippen LogP contribution is 1.95. The fourth-order valence-corrected chi connectivity index (χ4v) is 0.653. The molecule has 0 saturated carbocycles. The minimum atomic E-state index is 1.14. The quantitative estimate of drug-likeness (QED) is 0.404. The first kappa shape index (κ1) is 11.8. The van der Waals surface area contributed by atoms with Gasteiger partial charge in [-0.1, -0.05) is 30.7 Å². The summed E-state index contributed by atoms with van der Waals surface area (Å²) in [7, 11) is 0. The molecule has 0 N–H and O–H groups in total. The monoisotopic (exact) mass is 136 g/mol. The molecule has 56 valence electrons. The standard InChI is InChI=1S/C8H14.C2H2/c1-4-6-8(3)7-5-2;1-2/h4,6-7H,5H2,1-3H3;1-2H/b6-4-,8-7-;. The summed E-state index contributed by atoms with van der Waals surface area (Å²) in [6, 6.07) is 0. The third-order valence-corrected chi connectivity index (χ3v) is 0.956. The Bertz CT molecular complexity index is 124. The molecule has 0 heterocycles. The van der Waals surface area contributed by atoms with Crippen LogP contribution in [0, 0.1) is 12.8 Å². The van der Waals surface area contributed by atoms with Gasteiger partial charge in [0, 0.05) is 0 Å². The Balaban J connectivity index is 0. The Hall–Kier alpha value is -0.960. The van der Waals surface area contributed by atoms with Gasteiger partial charge in [-0.2, -0.15) is 0 Å². The van der Waals surface area contributed by atoms with Gasteiger partial charge in [-0.05, 0) is 20.3 Å². The Morgan fingerprint density at radius 2 is 1.90 bits per heavy atom. The van der Waals surface area contributed by atoms with Crippen molar-refractivity contribution in [3.63, 3.8) is 0 Å². The summed E-state index contributed by atoms with van der Waals surface area (Å²) in [5, 5.41) is 0. The van der Waals surface area contributed by atoms with Crippen LogP contribution in [0.2, 0.25) is 0 Å². The van der Waals surface area contributed by atoms with E-state index in [2.05, 4.69) is 44.9 Å². The lowest BCUT2D eigenvalue weighted by Crippen LogP contribution is -1.64. The average Bonchev–Trinajstić information content (AvgIpc) is 1.93. The van der Waals surface area contributed by atoms with Crippen LogP contribution in [0.3, 0.4) is 0 Å². The number of rotatable bonds is 2. The van der Waals surface area contributed by atoms with Crippen molar-refractivity contribution in [3.05, 3.63) is 23.8 Å². The largest absolute Gasteiger partial charge is 0.124 e. The molecule has 0 aliphatic rings. The van der Waals surface area contributed by atoms with Gasteiger partial charge in [0.15, 0.2) is 0 Å². The lowest BCUT2D eigenvalue weighted by molar-refractivity contribution is 1.20. The van der Waals surface area contributed by atoms with Crippen LogP contribution in [0.25, 0.3) is 0 Å². The molecule has 0 unspecified atom stereocenters. The van der Waals surface area contributed by atoms with Gasteiger partial charge in [0.05, 0.1) is 0 Å². The van der Waals surface area contributed by atoms with Crippen molar-refractivity contribution in [1.29, 1.82) is 0 Å². The maximum atomic E-state index is 4.00. The van der Waals surface area contributed by atoms with E-state index >= 15 is 0 Å². The summed E-state index contributed by atoms with van der Waals surface area (Å²) in [5.74, 6) is 0. The number of hydrogen-bond donors (Lipinski definition) is 0. The molecule has 0 bridgehead atoms. The molecule has 0 radical (unpaired) electrons. The molecular weight excluding hydrogens is 120 g/mol. The minimum Gasteiger partial charge on any atom is -0.124 e. The molecule has 0 rings (SSSR count). The van der Waals surface area contributed by atoms with Crippen LogP contribution in [0.1, 0.15) is 27.2 Å². The topological polar surface area (TPSA) is 0 Å². The lowest BCUT2D eigenvalue weighted by Gasteiger charge is -1.85. The van der Waals surface area contributed by atoms with Crippen molar-refractivity contribution in [3.8, 4) is 12.8 Å². The molecule has 0 spiro atoms. The maximum absolute atomic E-state index is 4.00. The van der Waals surface area contributed by atoms with Gasteiger partial charge in [0.1, 0.15) is 0 Å². The van der Waals surface area contributed by atoms with E-state index in [0.29, 0.717) is 0 Å². The number of hydrogen-bond acceptors (Lipinski definition) is 0. The van der Waals surface area contributed by atoms with Crippen molar-refractivity contribution in [1.82, 2.24) is 0 Å². The van der Waals surface area contributed by atoms with Crippen LogP contribution < -0.4 is 0 Å². The van der Waals surface area contributed by atoms with Crippen molar-refractivity contribution < 1.29 is 0 Å². The van der Waals surface area contributed by atoms with Crippen LogP contribution in [-0.2, 0) is 0 Å². The Kier molecular flexibility index (Phi) is 12.9. The smallest absolute Gasteiger partial charge is 0.0374 e. The summed E-state index contributed by atoms with van der Waals surface area (Å²) in [4.78, 5) is 0. The van der Waals surface area contributed by atoms with Gasteiger partial charge < -0.3 is 0 Å². The second-order valence-corrected chi connectivity index (χ2v) is 1.86. The highest BCUT2D eigenvalue weighted by atomic mass is 13.8. The van der Waals surface area contributed by atoms with Crippen LogP contribution >= 0.6 is 0 Å². The molecule has 0 heteroatoms. The second-order valence-electron chi connectivity index (χ2n) is 1.86. The first-order valence-electron chi connectivity index (χ1n) is 3.44. The zero-order valence-corrected chi connectivity index (χ0v) is 7.09. The van der Waals surface area contributed by atoms with E-state index in [4.69, 9.17) is 0 Å². The first-order chi connectivity index (χ1) is 4.81. The van der Waals surface area contributed by atoms with Gasteiger partial charge in [-0.25, -0.2) is 0 Å². The summed E-state index contributed by atoms with van der Waals surface area (Å²) < 4.78 is 0. The molecule has 0 aliphatic carbocycles. The van der Waals surface area contributed by atoms with E-state index < -0.39 is 0 Å². The van der Waals surface area contributed by atoms with Gasteiger partial charge in [-0.15, -0.1) is 12.8 Å². The highest BCUT2D eigenvalue weighted by molar-refractivity contribution is 5.14. The molecule has 0 aliphatic heterocycles. The van der Waals surface area contributed by atoms with Gasteiger partial charge >= 0.3 is 0 Å². The van der Waals surface area contributed by atoms with Crippen LogP contribution in [0.15, 0.2) is 23.8 Å². The SMILES string of the molecule is C#C.C/C=C\C(C)=C/CC. The third-order valence-electron chi connectivity index (χ3n) is 0.956. The molecule has 0 aromatic rings. The van der Waals surface area contributed by atoms with Gasteiger partial charge in [0.25, 0.3) is 0 Å². The first-order valence-corrected chi connectivity index (χ1v) is 3.44. The predicted molar refractivity (Wildman–Crippen MR) is 48.8 cm³/mol. The summed E-state index contributed by atoms with van der Waals surface area (Å²) in [6.07, 6.45) is 15.5. The fourth-order valence-electron chi connectivity index (χ4n) is 0.653. The Morgan fingerprint density at radius 1 is 1.40 bits per heavy atom. The molecule has 0 saturated heterocycles. The summed E-state index contributed by atoms with van der Waals surface area (Å²) >= 11 is 0. The second kappa shape index (κ2) is 10.9. The van der Waals surface area contributed by atoms with E-state index in [0.717, 1.165) is 6.42 Å². The number of terminal acetylenes is 1. The normalized spacial score (nSPS) is 10.7. The highest BCUT2D eigenvalue weighted by Gasteiger charge is 1.74. The molecule has 0 aromatic heterocycles. The van der Waals surface area contributed by atoms with Crippen molar-refractivity contribution in [2.45, 2.75) is 27.2 Å². The average molecular weight is 136 g/mol. The molecule has 0 fully saturated rings. The molecule has 0 amide bonds. The molecule has 10 heavy (non-hydrogen) atoms. The van der Waals surface area contributed by atoms with Crippen molar-refractivity contribution in [2.24, 2.45) is 0 Å².